The number of ketones is 1. The molecule has 0 aliphatic carbocycles. The molecular weight excluding hydrogens is 278 g/mol. The van der Waals surface area contributed by atoms with Gasteiger partial charge in [-0.3, -0.25) is 4.79 Å². The quantitative estimate of drug-likeness (QED) is 0.657. The van der Waals surface area contributed by atoms with Crippen LogP contribution in [0.3, 0.4) is 0 Å². The van der Waals surface area contributed by atoms with Gasteiger partial charge in [-0.2, -0.15) is 0 Å². The van der Waals surface area contributed by atoms with E-state index in [0.29, 0.717) is 22.8 Å². The second kappa shape index (κ2) is 5.52. The number of amidine groups is 1. The smallest absolute Gasteiger partial charge is 0.159 e. The third-order valence-corrected chi connectivity index (χ3v) is 3.48. The third kappa shape index (κ3) is 2.79. The van der Waals surface area contributed by atoms with Crippen LogP contribution in [0.25, 0.3) is 0 Å². The highest BCUT2D eigenvalue weighted by Crippen LogP contribution is 2.34. The van der Waals surface area contributed by atoms with Crippen molar-refractivity contribution in [2.24, 2.45) is 4.99 Å². The lowest BCUT2D eigenvalue weighted by molar-refractivity contribution is 0.101. The molecule has 5 nitrogen and oxygen atoms in total. The van der Waals surface area contributed by atoms with E-state index in [1.807, 2.05) is 25.1 Å². The molecular formula is C17H17N3O2. The summed E-state index contributed by atoms with van der Waals surface area (Å²) < 4.78 is 5.83. The van der Waals surface area contributed by atoms with Gasteiger partial charge >= 0.3 is 0 Å². The Kier molecular flexibility index (Phi) is 3.55. The Hall–Kier alpha value is -2.82. The van der Waals surface area contributed by atoms with Crippen LogP contribution in [0.4, 0.5) is 17.1 Å². The van der Waals surface area contributed by atoms with E-state index in [2.05, 4.69) is 10.3 Å². The van der Waals surface area contributed by atoms with Gasteiger partial charge in [0.1, 0.15) is 17.3 Å². The number of hydrogen-bond acceptors (Lipinski definition) is 5. The number of carbonyl (C=O) groups excluding carboxylic acids is 1. The number of carbonyl (C=O) groups is 1. The van der Waals surface area contributed by atoms with Crippen LogP contribution in [0.5, 0.6) is 5.75 Å². The lowest BCUT2D eigenvalue weighted by atomic mass is 10.1. The monoisotopic (exact) mass is 295 g/mol. The molecule has 0 aromatic heterocycles. The van der Waals surface area contributed by atoms with Gasteiger partial charge in [0.15, 0.2) is 11.9 Å². The molecule has 112 valence electrons. The fourth-order valence-corrected chi connectivity index (χ4v) is 2.25. The Morgan fingerprint density at radius 3 is 2.64 bits per heavy atom. The number of anilines is 2. The van der Waals surface area contributed by atoms with Gasteiger partial charge in [0.2, 0.25) is 0 Å². The molecule has 0 spiro atoms. The lowest BCUT2D eigenvalue weighted by Crippen LogP contribution is -2.32. The summed E-state index contributed by atoms with van der Waals surface area (Å²) in [5.41, 5.74) is 8.69. The van der Waals surface area contributed by atoms with E-state index in [0.717, 1.165) is 11.4 Å². The molecule has 1 unspecified atom stereocenters. The lowest BCUT2D eigenvalue weighted by Gasteiger charge is -2.24. The van der Waals surface area contributed by atoms with Crippen LogP contribution in [0.2, 0.25) is 0 Å². The van der Waals surface area contributed by atoms with E-state index < -0.39 is 0 Å². The van der Waals surface area contributed by atoms with Gasteiger partial charge in [0, 0.05) is 23.0 Å². The van der Waals surface area contributed by atoms with Crippen LogP contribution in [0.1, 0.15) is 24.2 Å². The number of nitrogens with one attached hydrogen (secondary N) is 1. The Balaban J connectivity index is 1.85. The van der Waals surface area contributed by atoms with Gasteiger partial charge in [-0.15, -0.1) is 0 Å². The minimum Gasteiger partial charge on any atom is -0.480 e. The highest BCUT2D eigenvalue weighted by atomic mass is 16.5. The van der Waals surface area contributed by atoms with E-state index in [9.17, 15) is 4.79 Å². The van der Waals surface area contributed by atoms with Crippen molar-refractivity contribution in [3.63, 3.8) is 0 Å². The summed E-state index contributed by atoms with van der Waals surface area (Å²) in [6.45, 7) is 3.47. The number of ether oxygens (including phenoxy) is 1. The van der Waals surface area contributed by atoms with Gasteiger partial charge < -0.3 is 15.8 Å². The minimum atomic E-state index is -0.207. The minimum absolute atomic E-state index is 0.0461. The Morgan fingerprint density at radius 2 is 1.95 bits per heavy atom. The maximum absolute atomic E-state index is 11.3. The molecule has 2 aromatic rings. The first-order chi connectivity index (χ1) is 10.5. The number of hydrogen-bond donors (Lipinski definition) is 2. The van der Waals surface area contributed by atoms with Gasteiger partial charge in [0.25, 0.3) is 0 Å². The van der Waals surface area contributed by atoms with Crippen LogP contribution in [-0.2, 0) is 0 Å². The van der Waals surface area contributed by atoms with Crippen molar-refractivity contribution >= 4 is 28.7 Å². The van der Waals surface area contributed by atoms with E-state index in [1.165, 1.54) is 0 Å². The number of nitrogens with two attached hydrogens (primary N) is 1. The van der Waals surface area contributed by atoms with Crippen molar-refractivity contribution in [1.29, 1.82) is 0 Å². The van der Waals surface area contributed by atoms with Crippen molar-refractivity contribution in [2.45, 2.75) is 20.0 Å². The van der Waals surface area contributed by atoms with Crippen LogP contribution in [-0.4, -0.2) is 17.7 Å². The molecule has 2 aromatic carbocycles. The zero-order chi connectivity index (χ0) is 15.7. The number of nitrogen functional groups attached to an aromatic ring is 1. The molecule has 5 heteroatoms. The zero-order valence-electron chi connectivity index (χ0n) is 12.5. The van der Waals surface area contributed by atoms with Crippen LogP contribution in [0.15, 0.2) is 47.5 Å². The molecule has 0 saturated heterocycles. The highest BCUT2D eigenvalue weighted by Gasteiger charge is 2.20. The number of fused-ring (bicyclic) bond motifs is 1. The van der Waals surface area contributed by atoms with Gasteiger partial charge in [-0.1, -0.05) is 0 Å². The van der Waals surface area contributed by atoms with Crippen LogP contribution in [0, 0.1) is 0 Å². The number of benzene rings is 2. The second-order valence-corrected chi connectivity index (χ2v) is 5.24. The molecule has 0 fully saturated rings. The summed E-state index contributed by atoms with van der Waals surface area (Å²) in [6.07, 6.45) is -0.207. The molecule has 0 saturated carbocycles. The first-order valence-electron chi connectivity index (χ1n) is 7.06. The van der Waals surface area contributed by atoms with E-state index in [1.54, 1.807) is 31.2 Å². The average molecular weight is 295 g/mol. The predicted octanol–water partition coefficient (Wildman–Crippen LogP) is 3.39. The number of aliphatic imine (C=N–C) groups is 1. The molecule has 22 heavy (non-hydrogen) atoms. The topological polar surface area (TPSA) is 76.7 Å². The third-order valence-electron chi connectivity index (χ3n) is 3.48. The summed E-state index contributed by atoms with van der Waals surface area (Å²) in [5, 5.41) is 3.23. The summed E-state index contributed by atoms with van der Waals surface area (Å²) in [5.74, 6) is 1.45. The second-order valence-electron chi connectivity index (χ2n) is 5.24. The molecule has 3 N–H and O–H groups in total. The Morgan fingerprint density at radius 1 is 1.23 bits per heavy atom. The largest absolute Gasteiger partial charge is 0.480 e. The Bertz CT molecular complexity index is 751. The molecule has 0 bridgehead atoms. The first kappa shape index (κ1) is 14.1. The van der Waals surface area contributed by atoms with Crippen molar-refractivity contribution in [1.82, 2.24) is 0 Å². The van der Waals surface area contributed by atoms with Crippen molar-refractivity contribution in [2.75, 3.05) is 11.1 Å². The van der Waals surface area contributed by atoms with Gasteiger partial charge in [0.05, 0.1) is 0 Å². The van der Waals surface area contributed by atoms with Gasteiger partial charge in [-0.05, 0) is 50.2 Å². The SMILES string of the molecule is CC(=O)c1ccc(NC2=Nc3ccc(N)cc3OC2C)cc1. The zero-order valence-corrected chi connectivity index (χ0v) is 12.5. The molecule has 1 aliphatic rings. The molecule has 0 radical (unpaired) electrons. The fraction of sp³-hybridized carbons (Fsp3) is 0.176. The Labute approximate surface area is 128 Å². The van der Waals surface area contributed by atoms with E-state index >= 15 is 0 Å². The molecule has 1 aliphatic heterocycles. The summed E-state index contributed by atoms with van der Waals surface area (Å²) in [7, 11) is 0. The average Bonchev–Trinajstić information content (AvgIpc) is 2.49. The highest BCUT2D eigenvalue weighted by molar-refractivity contribution is 6.02. The standard InChI is InChI=1S/C17H17N3O2/c1-10(21)12-3-6-14(7-4-12)19-17-11(2)22-16-9-13(18)5-8-15(16)20-17/h3-9,11H,18H2,1-2H3,(H,19,20). The van der Waals surface area contributed by atoms with Crippen LogP contribution >= 0.6 is 0 Å². The van der Waals surface area contributed by atoms with Crippen molar-refractivity contribution < 1.29 is 9.53 Å². The maximum atomic E-state index is 11.3. The maximum Gasteiger partial charge on any atom is 0.159 e. The number of Topliss-reactive ketones (excluding diaryl/α,β-unsaturated/α-hetero) is 1. The van der Waals surface area contributed by atoms with Crippen molar-refractivity contribution in [3.05, 3.63) is 48.0 Å². The predicted molar refractivity (Wildman–Crippen MR) is 88.1 cm³/mol. The summed E-state index contributed by atoms with van der Waals surface area (Å²) in [4.78, 5) is 15.9. The van der Waals surface area contributed by atoms with Crippen LogP contribution < -0.4 is 15.8 Å². The molecule has 1 atom stereocenters. The first-order valence-corrected chi connectivity index (χ1v) is 7.06. The van der Waals surface area contributed by atoms with E-state index in [4.69, 9.17) is 10.5 Å². The van der Waals surface area contributed by atoms with Gasteiger partial charge in [-0.25, -0.2) is 4.99 Å². The molecule has 3 rings (SSSR count). The number of nitrogens with zero attached hydrogens (tertiary/aromatic N) is 1. The molecule has 1 heterocycles. The normalized spacial score (nSPS) is 16.3. The summed E-state index contributed by atoms with van der Waals surface area (Å²) >= 11 is 0. The van der Waals surface area contributed by atoms with Crippen molar-refractivity contribution in [3.8, 4) is 5.75 Å². The summed E-state index contributed by atoms with van der Waals surface area (Å²) in [6, 6.07) is 12.7. The molecule has 0 amide bonds. The number of rotatable bonds is 2. The van der Waals surface area contributed by atoms with E-state index in [-0.39, 0.29) is 11.9 Å². The fourth-order valence-electron chi connectivity index (χ4n) is 2.25.